The number of aryl methyl sites for hydroxylation is 1. The van der Waals surface area contributed by atoms with Crippen molar-refractivity contribution in [3.05, 3.63) is 45.6 Å². The van der Waals surface area contributed by atoms with Crippen LogP contribution in [0.15, 0.2) is 30.3 Å². The van der Waals surface area contributed by atoms with Gasteiger partial charge in [0.15, 0.2) is 11.5 Å². The molecule has 0 fully saturated rings. The Morgan fingerprint density at radius 3 is 2.71 bits per heavy atom. The van der Waals surface area contributed by atoms with E-state index in [0.29, 0.717) is 13.2 Å². The van der Waals surface area contributed by atoms with Gasteiger partial charge in [-0.3, -0.25) is 5.84 Å². The lowest BCUT2D eigenvalue weighted by atomic mass is 10.1. The summed E-state index contributed by atoms with van der Waals surface area (Å²) < 4.78 is 11.4. The van der Waals surface area contributed by atoms with Crippen LogP contribution in [-0.2, 0) is 6.42 Å². The molecule has 2 aromatic rings. The third-order valence-corrected chi connectivity index (χ3v) is 4.88. The molecule has 0 saturated carbocycles. The van der Waals surface area contributed by atoms with E-state index in [1.165, 1.54) is 9.75 Å². The molecule has 1 aliphatic rings. The molecule has 0 spiro atoms. The zero-order chi connectivity index (χ0) is 14.7. The molecule has 5 heteroatoms. The molecule has 3 N–H and O–H groups in total. The summed E-state index contributed by atoms with van der Waals surface area (Å²) in [5.74, 6) is 7.39. The molecule has 0 saturated heterocycles. The number of benzene rings is 1. The highest BCUT2D eigenvalue weighted by Gasteiger charge is 2.18. The number of nitrogens with two attached hydrogens (primary N) is 1. The number of thiophene rings is 1. The third kappa shape index (κ3) is 3.05. The van der Waals surface area contributed by atoms with E-state index in [1.807, 2.05) is 18.2 Å². The Hall–Kier alpha value is -1.56. The molecule has 21 heavy (non-hydrogen) atoms. The van der Waals surface area contributed by atoms with Crippen LogP contribution in [0.25, 0.3) is 0 Å². The summed E-state index contributed by atoms with van der Waals surface area (Å²) in [6.07, 6.45) is 1.95. The van der Waals surface area contributed by atoms with Crippen molar-refractivity contribution in [2.45, 2.75) is 25.8 Å². The van der Waals surface area contributed by atoms with Gasteiger partial charge in [0, 0.05) is 16.2 Å². The second-order valence-corrected chi connectivity index (χ2v) is 6.21. The normalized spacial score (nSPS) is 15.5. The lowest BCUT2D eigenvalue weighted by Crippen LogP contribution is -2.28. The van der Waals surface area contributed by atoms with Crippen LogP contribution in [0.4, 0.5) is 0 Å². The Morgan fingerprint density at radius 1 is 1.19 bits per heavy atom. The van der Waals surface area contributed by atoms with Crippen LogP contribution in [-0.4, -0.2) is 13.2 Å². The molecule has 3 rings (SSSR count). The number of hydrogen-bond acceptors (Lipinski definition) is 5. The summed E-state index contributed by atoms with van der Waals surface area (Å²) in [4.78, 5) is 2.57. The Bertz CT molecular complexity index is 612. The van der Waals surface area contributed by atoms with Crippen LogP contribution in [0.1, 0.15) is 34.7 Å². The Kier molecular flexibility index (Phi) is 4.43. The zero-order valence-corrected chi connectivity index (χ0v) is 12.9. The molecular weight excluding hydrogens is 284 g/mol. The van der Waals surface area contributed by atoms with E-state index in [2.05, 4.69) is 24.5 Å². The van der Waals surface area contributed by atoms with Crippen LogP contribution < -0.4 is 20.7 Å². The molecule has 112 valence electrons. The van der Waals surface area contributed by atoms with E-state index in [0.717, 1.165) is 29.9 Å². The Labute approximate surface area is 128 Å². The van der Waals surface area contributed by atoms with Crippen LogP contribution in [0.3, 0.4) is 0 Å². The van der Waals surface area contributed by atoms with E-state index in [-0.39, 0.29) is 6.04 Å². The molecule has 1 aromatic heterocycles. The van der Waals surface area contributed by atoms with Gasteiger partial charge in [-0.2, -0.15) is 0 Å². The van der Waals surface area contributed by atoms with E-state index < -0.39 is 0 Å². The number of fused-ring (bicyclic) bond motifs is 1. The Morgan fingerprint density at radius 2 is 2.00 bits per heavy atom. The SMILES string of the molecule is CCc1ccc(C(NN)c2ccc3c(c2)OCCCO3)s1. The summed E-state index contributed by atoms with van der Waals surface area (Å²) in [5, 5.41) is 0. The first kappa shape index (κ1) is 14.4. The van der Waals surface area contributed by atoms with E-state index in [1.54, 1.807) is 11.3 Å². The maximum absolute atomic E-state index is 5.78. The van der Waals surface area contributed by atoms with Gasteiger partial charge in [-0.05, 0) is 36.2 Å². The number of hydrogen-bond donors (Lipinski definition) is 2. The molecule has 1 aromatic carbocycles. The molecule has 0 aliphatic carbocycles. The molecule has 1 aliphatic heterocycles. The average molecular weight is 304 g/mol. The standard InChI is InChI=1S/C16H20N2O2S/c1-2-12-5-7-15(21-12)16(18-17)11-4-6-13-14(10-11)20-9-3-8-19-13/h4-7,10,16,18H,2-3,8-9,17H2,1H3. The molecule has 0 radical (unpaired) electrons. The van der Waals surface area contributed by atoms with Gasteiger partial charge < -0.3 is 9.47 Å². The lowest BCUT2D eigenvalue weighted by molar-refractivity contribution is 0.297. The lowest BCUT2D eigenvalue weighted by Gasteiger charge is -2.17. The number of hydrazine groups is 1. The minimum absolute atomic E-state index is 0.0209. The highest BCUT2D eigenvalue weighted by Crippen LogP contribution is 2.35. The first-order valence-electron chi connectivity index (χ1n) is 7.26. The first-order chi connectivity index (χ1) is 10.3. The number of nitrogens with one attached hydrogen (secondary N) is 1. The molecular formula is C16H20N2O2S. The topological polar surface area (TPSA) is 56.5 Å². The van der Waals surface area contributed by atoms with Crippen LogP contribution in [0.5, 0.6) is 11.5 Å². The maximum Gasteiger partial charge on any atom is 0.161 e. The summed E-state index contributed by atoms with van der Waals surface area (Å²) in [6.45, 7) is 3.56. The van der Waals surface area contributed by atoms with Crippen molar-refractivity contribution in [3.63, 3.8) is 0 Å². The summed E-state index contributed by atoms with van der Waals surface area (Å²) >= 11 is 1.79. The fraction of sp³-hybridized carbons (Fsp3) is 0.375. The summed E-state index contributed by atoms with van der Waals surface area (Å²) in [6, 6.07) is 10.3. The van der Waals surface area contributed by atoms with Gasteiger partial charge in [-0.1, -0.05) is 13.0 Å². The van der Waals surface area contributed by atoms with Gasteiger partial charge in [0.05, 0.1) is 19.3 Å². The largest absolute Gasteiger partial charge is 0.490 e. The first-order valence-corrected chi connectivity index (χ1v) is 8.07. The quantitative estimate of drug-likeness (QED) is 0.673. The number of ether oxygens (including phenoxy) is 2. The average Bonchev–Trinajstić information content (AvgIpc) is 2.86. The molecule has 4 nitrogen and oxygen atoms in total. The highest BCUT2D eigenvalue weighted by molar-refractivity contribution is 7.12. The highest BCUT2D eigenvalue weighted by atomic mass is 32.1. The van der Waals surface area contributed by atoms with Crippen molar-refractivity contribution in [2.24, 2.45) is 5.84 Å². The fourth-order valence-corrected chi connectivity index (χ4v) is 3.48. The predicted molar refractivity (Wildman–Crippen MR) is 84.9 cm³/mol. The maximum atomic E-state index is 5.78. The third-order valence-electron chi connectivity index (χ3n) is 3.59. The molecule has 2 heterocycles. The van der Waals surface area contributed by atoms with E-state index >= 15 is 0 Å². The van der Waals surface area contributed by atoms with Crippen molar-refractivity contribution < 1.29 is 9.47 Å². The molecule has 0 bridgehead atoms. The van der Waals surface area contributed by atoms with Gasteiger partial charge in [0.2, 0.25) is 0 Å². The number of rotatable bonds is 4. The van der Waals surface area contributed by atoms with Crippen molar-refractivity contribution in [2.75, 3.05) is 13.2 Å². The second-order valence-electron chi connectivity index (χ2n) is 5.01. The minimum atomic E-state index is -0.0209. The monoisotopic (exact) mass is 304 g/mol. The van der Waals surface area contributed by atoms with Gasteiger partial charge in [0.1, 0.15) is 0 Å². The van der Waals surface area contributed by atoms with Gasteiger partial charge >= 0.3 is 0 Å². The summed E-state index contributed by atoms with van der Waals surface area (Å²) in [7, 11) is 0. The smallest absolute Gasteiger partial charge is 0.161 e. The van der Waals surface area contributed by atoms with Crippen molar-refractivity contribution in [1.82, 2.24) is 5.43 Å². The van der Waals surface area contributed by atoms with Crippen LogP contribution in [0.2, 0.25) is 0 Å². The zero-order valence-electron chi connectivity index (χ0n) is 12.1. The second kappa shape index (κ2) is 6.47. The van der Waals surface area contributed by atoms with Gasteiger partial charge in [0.25, 0.3) is 0 Å². The molecule has 0 amide bonds. The van der Waals surface area contributed by atoms with Gasteiger partial charge in [-0.25, -0.2) is 5.43 Å². The van der Waals surface area contributed by atoms with Crippen molar-refractivity contribution in [1.29, 1.82) is 0 Å². The summed E-state index contributed by atoms with van der Waals surface area (Å²) in [5.41, 5.74) is 4.00. The molecule has 1 atom stereocenters. The van der Waals surface area contributed by atoms with Crippen molar-refractivity contribution >= 4 is 11.3 Å². The van der Waals surface area contributed by atoms with Crippen LogP contribution in [0, 0.1) is 0 Å². The predicted octanol–water partition coefficient (Wildman–Crippen LogP) is 3.02. The van der Waals surface area contributed by atoms with Crippen LogP contribution >= 0.6 is 11.3 Å². The van der Waals surface area contributed by atoms with E-state index in [9.17, 15) is 0 Å². The van der Waals surface area contributed by atoms with Crippen molar-refractivity contribution in [3.8, 4) is 11.5 Å². The van der Waals surface area contributed by atoms with E-state index in [4.69, 9.17) is 15.3 Å². The molecule has 1 unspecified atom stereocenters. The Balaban J connectivity index is 1.91. The van der Waals surface area contributed by atoms with Gasteiger partial charge in [-0.15, -0.1) is 11.3 Å². The fourth-order valence-electron chi connectivity index (χ4n) is 2.44. The minimum Gasteiger partial charge on any atom is -0.490 e.